The van der Waals surface area contributed by atoms with E-state index in [1.165, 1.54) is 50.5 Å². The van der Waals surface area contributed by atoms with Gasteiger partial charge >= 0.3 is 0 Å². The Morgan fingerprint density at radius 1 is 0.871 bits per heavy atom. The molecule has 2 rings (SSSR count). The monoisotopic (exact) mass is 428 g/mol. The number of rotatable bonds is 16. The van der Waals surface area contributed by atoms with E-state index < -0.39 is 6.17 Å². The SMILES string of the molecule is CCCCCCC(F)COc1ccc(-c2ncc(CCCCCC(C)CC)cn2)cc1. The van der Waals surface area contributed by atoms with Crippen molar-refractivity contribution in [3.8, 4) is 17.1 Å². The van der Waals surface area contributed by atoms with Crippen LogP contribution in [0.4, 0.5) is 4.39 Å². The number of aryl methyl sites for hydroxylation is 1. The molecule has 172 valence electrons. The van der Waals surface area contributed by atoms with Crippen LogP contribution in [-0.2, 0) is 6.42 Å². The van der Waals surface area contributed by atoms with Crippen molar-refractivity contribution >= 4 is 0 Å². The molecule has 0 amide bonds. The number of unbranched alkanes of at least 4 members (excludes halogenated alkanes) is 5. The van der Waals surface area contributed by atoms with Crippen LogP contribution in [0.1, 0.15) is 90.5 Å². The lowest BCUT2D eigenvalue weighted by molar-refractivity contribution is 0.184. The molecular formula is C27H41FN2O. The van der Waals surface area contributed by atoms with E-state index in [1.54, 1.807) is 0 Å². The highest BCUT2D eigenvalue weighted by Crippen LogP contribution is 2.20. The van der Waals surface area contributed by atoms with E-state index in [0.717, 1.165) is 30.7 Å². The molecule has 2 atom stereocenters. The second-order valence-electron chi connectivity index (χ2n) is 8.81. The summed E-state index contributed by atoms with van der Waals surface area (Å²) in [7, 11) is 0. The van der Waals surface area contributed by atoms with Crippen LogP contribution >= 0.6 is 0 Å². The van der Waals surface area contributed by atoms with Crippen LogP contribution in [0.5, 0.6) is 5.75 Å². The highest BCUT2D eigenvalue weighted by Gasteiger charge is 2.08. The Labute approximate surface area is 188 Å². The Hall–Kier alpha value is -1.97. The quantitative estimate of drug-likeness (QED) is 0.254. The maximum atomic E-state index is 13.9. The molecule has 4 heteroatoms. The lowest BCUT2D eigenvalue weighted by Gasteiger charge is -2.11. The summed E-state index contributed by atoms with van der Waals surface area (Å²) in [4.78, 5) is 9.06. The molecule has 1 aromatic carbocycles. The van der Waals surface area contributed by atoms with Crippen molar-refractivity contribution in [3.63, 3.8) is 0 Å². The van der Waals surface area contributed by atoms with E-state index in [4.69, 9.17) is 4.74 Å². The van der Waals surface area contributed by atoms with Crippen molar-refractivity contribution in [1.29, 1.82) is 0 Å². The molecule has 3 nitrogen and oxygen atoms in total. The zero-order chi connectivity index (χ0) is 22.3. The van der Waals surface area contributed by atoms with Gasteiger partial charge < -0.3 is 4.74 Å². The van der Waals surface area contributed by atoms with E-state index in [0.29, 0.717) is 18.0 Å². The number of hydrogen-bond donors (Lipinski definition) is 0. The zero-order valence-electron chi connectivity index (χ0n) is 19.8. The molecule has 2 aromatic rings. The van der Waals surface area contributed by atoms with Gasteiger partial charge in [-0.1, -0.05) is 72.1 Å². The zero-order valence-corrected chi connectivity index (χ0v) is 19.8. The van der Waals surface area contributed by atoms with Crippen LogP contribution in [0.3, 0.4) is 0 Å². The Morgan fingerprint density at radius 3 is 2.23 bits per heavy atom. The molecular weight excluding hydrogens is 387 g/mol. The Kier molecular flexibility index (Phi) is 12.2. The van der Waals surface area contributed by atoms with E-state index in [2.05, 4.69) is 30.7 Å². The predicted molar refractivity (Wildman–Crippen MR) is 128 cm³/mol. The predicted octanol–water partition coefficient (Wildman–Crippen LogP) is 7.98. The number of halogens is 1. The van der Waals surface area contributed by atoms with Crippen molar-refractivity contribution in [3.05, 3.63) is 42.2 Å². The fourth-order valence-corrected chi connectivity index (χ4v) is 3.60. The molecule has 1 heterocycles. The maximum Gasteiger partial charge on any atom is 0.159 e. The van der Waals surface area contributed by atoms with Crippen molar-refractivity contribution in [1.82, 2.24) is 9.97 Å². The third-order valence-electron chi connectivity index (χ3n) is 5.98. The molecule has 2 unspecified atom stereocenters. The second-order valence-corrected chi connectivity index (χ2v) is 8.81. The van der Waals surface area contributed by atoms with Gasteiger partial charge in [0, 0.05) is 18.0 Å². The van der Waals surface area contributed by atoms with Gasteiger partial charge in [0.05, 0.1) is 0 Å². The fourth-order valence-electron chi connectivity index (χ4n) is 3.60. The molecule has 1 aromatic heterocycles. The van der Waals surface area contributed by atoms with Crippen LogP contribution in [0.15, 0.2) is 36.7 Å². The summed E-state index contributed by atoms with van der Waals surface area (Å²) in [6, 6.07) is 7.61. The number of hydrogen-bond acceptors (Lipinski definition) is 3. The maximum absolute atomic E-state index is 13.9. The van der Waals surface area contributed by atoms with Gasteiger partial charge in [-0.05, 0) is 55.0 Å². The average molecular weight is 429 g/mol. The second kappa shape index (κ2) is 14.9. The molecule has 0 N–H and O–H groups in total. The van der Waals surface area contributed by atoms with Gasteiger partial charge in [-0.3, -0.25) is 0 Å². The largest absolute Gasteiger partial charge is 0.491 e. The Bertz CT molecular complexity index is 702. The van der Waals surface area contributed by atoms with Crippen LogP contribution in [0.25, 0.3) is 11.4 Å². The standard InChI is InChI=1S/C27H41FN2O/c1-4-6-7-11-14-25(28)21-31-26-17-15-24(16-18-26)27-29-19-23(20-30-27)13-10-8-9-12-22(3)5-2/h15-20,22,25H,4-14,21H2,1-3H3. The summed E-state index contributed by atoms with van der Waals surface area (Å²) in [5.41, 5.74) is 2.14. The van der Waals surface area contributed by atoms with E-state index in [9.17, 15) is 4.39 Å². The first-order valence-electron chi connectivity index (χ1n) is 12.3. The van der Waals surface area contributed by atoms with Crippen molar-refractivity contribution in [2.75, 3.05) is 6.61 Å². The summed E-state index contributed by atoms with van der Waals surface area (Å²) in [6.45, 7) is 6.88. The van der Waals surface area contributed by atoms with Gasteiger partial charge in [0.15, 0.2) is 5.82 Å². The van der Waals surface area contributed by atoms with Crippen molar-refractivity contribution in [2.45, 2.75) is 97.6 Å². The topological polar surface area (TPSA) is 35.0 Å². The van der Waals surface area contributed by atoms with Crippen LogP contribution in [-0.4, -0.2) is 22.7 Å². The van der Waals surface area contributed by atoms with E-state index in [-0.39, 0.29) is 6.61 Å². The van der Waals surface area contributed by atoms with Gasteiger partial charge in [-0.15, -0.1) is 0 Å². The highest BCUT2D eigenvalue weighted by molar-refractivity contribution is 5.55. The summed E-state index contributed by atoms with van der Waals surface area (Å²) < 4.78 is 19.5. The van der Waals surface area contributed by atoms with Gasteiger partial charge in [0.25, 0.3) is 0 Å². The number of aromatic nitrogens is 2. The van der Waals surface area contributed by atoms with Crippen LogP contribution in [0, 0.1) is 5.92 Å². The molecule has 0 radical (unpaired) electrons. The molecule has 0 aliphatic heterocycles. The molecule has 0 aliphatic carbocycles. The number of nitrogens with zero attached hydrogens (tertiary/aromatic N) is 2. The first kappa shape index (κ1) is 25.3. The number of alkyl halides is 1. The molecule has 0 fully saturated rings. The normalized spacial score (nSPS) is 13.2. The lowest BCUT2D eigenvalue weighted by Crippen LogP contribution is -2.12. The van der Waals surface area contributed by atoms with Crippen LogP contribution in [0.2, 0.25) is 0 Å². The van der Waals surface area contributed by atoms with E-state index in [1.807, 2.05) is 36.7 Å². The minimum Gasteiger partial charge on any atom is -0.491 e. The fraction of sp³-hybridized carbons (Fsp3) is 0.630. The molecule has 0 bridgehead atoms. The van der Waals surface area contributed by atoms with Crippen molar-refractivity contribution in [2.24, 2.45) is 5.92 Å². The smallest absolute Gasteiger partial charge is 0.159 e. The summed E-state index contributed by atoms with van der Waals surface area (Å²) in [6.07, 6.45) is 15.4. The molecule has 0 aliphatic rings. The average Bonchev–Trinajstić information content (AvgIpc) is 2.81. The van der Waals surface area contributed by atoms with Gasteiger partial charge in [-0.2, -0.15) is 0 Å². The minimum absolute atomic E-state index is 0.119. The summed E-state index contributed by atoms with van der Waals surface area (Å²) >= 11 is 0. The number of benzene rings is 1. The summed E-state index contributed by atoms with van der Waals surface area (Å²) in [5.74, 6) is 2.24. The third kappa shape index (κ3) is 10.3. The molecule has 31 heavy (non-hydrogen) atoms. The van der Waals surface area contributed by atoms with E-state index >= 15 is 0 Å². The third-order valence-corrected chi connectivity index (χ3v) is 5.98. The van der Waals surface area contributed by atoms with Gasteiger partial charge in [-0.25, -0.2) is 14.4 Å². The Morgan fingerprint density at radius 2 is 1.55 bits per heavy atom. The van der Waals surface area contributed by atoms with Gasteiger partial charge in [0.2, 0.25) is 0 Å². The first-order chi connectivity index (χ1) is 15.1. The lowest BCUT2D eigenvalue weighted by atomic mass is 10.00. The first-order valence-corrected chi connectivity index (χ1v) is 12.3. The van der Waals surface area contributed by atoms with Gasteiger partial charge in [0.1, 0.15) is 18.5 Å². The number of ether oxygens (including phenoxy) is 1. The van der Waals surface area contributed by atoms with Crippen LogP contribution < -0.4 is 4.74 Å². The molecule has 0 saturated carbocycles. The van der Waals surface area contributed by atoms with Crippen molar-refractivity contribution < 1.29 is 9.13 Å². The molecule has 0 spiro atoms. The summed E-state index contributed by atoms with van der Waals surface area (Å²) in [5, 5.41) is 0. The molecule has 0 saturated heterocycles. The Balaban J connectivity index is 1.72. The highest BCUT2D eigenvalue weighted by atomic mass is 19.1. The minimum atomic E-state index is -0.901.